The second-order valence-electron chi connectivity index (χ2n) is 5.99. The fourth-order valence-electron chi connectivity index (χ4n) is 2.41. The molecule has 27 heavy (non-hydrogen) atoms. The van der Waals surface area contributed by atoms with E-state index < -0.39 is 0 Å². The standard InChI is InChI=1S/C20H18ClFN4O/c1-13-2-7-16(12-17(13)21)25-20-24-11-9-18(26-20)19(27)23-10-8-14-3-5-15(22)6-4-14/h2-7,9,11-12H,8,10H2,1H3,(H,23,27)(H,24,25,26). The number of nitrogens with one attached hydrogen (secondary N) is 2. The van der Waals surface area contributed by atoms with E-state index in [-0.39, 0.29) is 17.4 Å². The summed E-state index contributed by atoms with van der Waals surface area (Å²) in [6, 6.07) is 13.3. The molecule has 0 unspecified atom stereocenters. The predicted molar refractivity (Wildman–Crippen MR) is 104 cm³/mol. The maximum Gasteiger partial charge on any atom is 0.270 e. The van der Waals surface area contributed by atoms with Crippen LogP contribution in [0, 0.1) is 12.7 Å². The molecule has 3 aromatic rings. The summed E-state index contributed by atoms with van der Waals surface area (Å²) >= 11 is 6.11. The Hall–Kier alpha value is -2.99. The second kappa shape index (κ2) is 8.60. The van der Waals surface area contributed by atoms with Crippen LogP contribution in [0.4, 0.5) is 16.0 Å². The molecule has 0 aliphatic carbocycles. The third-order valence-electron chi connectivity index (χ3n) is 3.93. The van der Waals surface area contributed by atoms with Gasteiger partial charge in [-0.3, -0.25) is 4.79 Å². The summed E-state index contributed by atoms with van der Waals surface area (Å²) < 4.78 is 12.9. The van der Waals surface area contributed by atoms with Crippen molar-refractivity contribution in [3.8, 4) is 0 Å². The van der Waals surface area contributed by atoms with Crippen LogP contribution in [-0.2, 0) is 6.42 Å². The highest BCUT2D eigenvalue weighted by molar-refractivity contribution is 6.31. The van der Waals surface area contributed by atoms with Gasteiger partial charge in [0.15, 0.2) is 0 Å². The maximum absolute atomic E-state index is 12.9. The third-order valence-corrected chi connectivity index (χ3v) is 4.34. The first-order valence-corrected chi connectivity index (χ1v) is 8.78. The molecule has 0 aliphatic heterocycles. The fourth-order valence-corrected chi connectivity index (χ4v) is 2.59. The van der Waals surface area contributed by atoms with Gasteiger partial charge in [0.25, 0.3) is 5.91 Å². The Labute approximate surface area is 161 Å². The molecule has 0 radical (unpaired) electrons. The van der Waals surface area contributed by atoms with Gasteiger partial charge >= 0.3 is 0 Å². The molecule has 0 bridgehead atoms. The van der Waals surface area contributed by atoms with Crippen LogP contribution >= 0.6 is 11.6 Å². The molecule has 1 heterocycles. The Morgan fingerprint density at radius 1 is 1.15 bits per heavy atom. The molecule has 1 amide bonds. The molecule has 0 saturated heterocycles. The molecule has 1 aromatic heterocycles. The summed E-state index contributed by atoms with van der Waals surface area (Å²) in [5.74, 6) is -0.274. The van der Waals surface area contributed by atoms with Crippen LogP contribution in [0.3, 0.4) is 0 Å². The van der Waals surface area contributed by atoms with E-state index in [0.29, 0.717) is 23.9 Å². The molecule has 5 nitrogen and oxygen atoms in total. The van der Waals surface area contributed by atoms with E-state index in [9.17, 15) is 9.18 Å². The van der Waals surface area contributed by atoms with Crippen LogP contribution < -0.4 is 10.6 Å². The van der Waals surface area contributed by atoms with Gasteiger partial charge in [-0.1, -0.05) is 29.8 Å². The highest BCUT2D eigenvalue weighted by Crippen LogP contribution is 2.21. The van der Waals surface area contributed by atoms with Crippen LogP contribution in [0.25, 0.3) is 0 Å². The van der Waals surface area contributed by atoms with Gasteiger partial charge in [0.2, 0.25) is 5.95 Å². The van der Waals surface area contributed by atoms with Gasteiger partial charge in [0, 0.05) is 23.5 Å². The average Bonchev–Trinajstić information content (AvgIpc) is 2.66. The van der Waals surface area contributed by atoms with Crippen molar-refractivity contribution in [2.24, 2.45) is 0 Å². The number of anilines is 2. The van der Waals surface area contributed by atoms with Gasteiger partial charge in [-0.2, -0.15) is 0 Å². The number of aromatic nitrogens is 2. The smallest absolute Gasteiger partial charge is 0.270 e. The number of nitrogens with zero attached hydrogens (tertiary/aromatic N) is 2. The van der Waals surface area contributed by atoms with E-state index in [4.69, 9.17) is 11.6 Å². The van der Waals surface area contributed by atoms with E-state index in [2.05, 4.69) is 20.6 Å². The van der Waals surface area contributed by atoms with E-state index in [1.54, 1.807) is 24.3 Å². The number of halogens is 2. The van der Waals surface area contributed by atoms with Gasteiger partial charge in [0.1, 0.15) is 11.5 Å². The number of carbonyl (C=O) groups excluding carboxylic acids is 1. The lowest BCUT2D eigenvalue weighted by atomic mass is 10.1. The zero-order valence-electron chi connectivity index (χ0n) is 14.7. The van der Waals surface area contributed by atoms with Gasteiger partial charge in [-0.25, -0.2) is 14.4 Å². The molecule has 0 fully saturated rings. The van der Waals surface area contributed by atoms with Crippen molar-refractivity contribution >= 4 is 29.1 Å². The van der Waals surface area contributed by atoms with Gasteiger partial charge in [-0.05, 0) is 54.8 Å². The molecule has 0 spiro atoms. The monoisotopic (exact) mass is 384 g/mol. The lowest BCUT2D eigenvalue weighted by Gasteiger charge is -2.08. The second-order valence-corrected chi connectivity index (χ2v) is 6.39. The molecular formula is C20H18ClFN4O. The number of carbonyl (C=O) groups is 1. The molecule has 7 heteroatoms. The summed E-state index contributed by atoms with van der Waals surface area (Å²) in [6.45, 7) is 2.34. The summed E-state index contributed by atoms with van der Waals surface area (Å²) in [6.07, 6.45) is 2.12. The van der Waals surface area contributed by atoms with E-state index in [1.165, 1.54) is 18.3 Å². The minimum absolute atomic E-state index is 0.254. The Balaban J connectivity index is 1.59. The van der Waals surface area contributed by atoms with Crippen molar-refractivity contribution in [3.63, 3.8) is 0 Å². The Morgan fingerprint density at radius 2 is 1.93 bits per heavy atom. The number of hydrogen-bond donors (Lipinski definition) is 2. The lowest BCUT2D eigenvalue weighted by Crippen LogP contribution is -2.26. The number of rotatable bonds is 6. The van der Waals surface area contributed by atoms with Gasteiger partial charge in [0.05, 0.1) is 0 Å². The lowest BCUT2D eigenvalue weighted by molar-refractivity contribution is 0.0949. The first kappa shape index (κ1) is 18.8. The molecule has 138 valence electrons. The SMILES string of the molecule is Cc1ccc(Nc2nccc(C(=O)NCCc3ccc(F)cc3)n2)cc1Cl. The van der Waals surface area contributed by atoms with Crippen molar-refractivity contribution in [2.75, 3.05) is 11.9 Å². The number of aryl methyl sites for hydroxylation is 1. The van der Waals surface area contributed by atoms with Crippen molar-refractivity contribution < 1.29 is 9.18 Å². The Bertz CT molecular complexity index is 947. The number of hydrogen-bond acceptors (Lipinski definition) is 4. The zero-order valence-corrected chi connectivity index (χ0v) is 15.4. The van der Waals surface area contributed by atoms with Crippen molar-refractivity contribution in [1.82, 2.24) is 15.3 Å². The number of benzene rings is 2. The van der Waals surface area contributed by atoms with Crippen molar-refractivity contribution in [3.05, 3.63) is 82.4 Å². The molecule has 0 saturated carbocycles. The van der Waals surface area contributed by atoms with Crippen LogP contribution in [-0.4, -0.2) is 22.4 Å². The summed E-state index contributed by atoms with van der Waals surface area (Å²) in [4.78, 5) is 20.6. The van der Waals surface area contributed by atoms with Crippen molar-refractivity contribution in [1.29, 1.82) is 0 Å². The normalized spacial score (nSPS) is 10.5. The average molecular weight is 385 g/mol. The number of amides is 1. The highest BCUT2D eigenvalue weighted by Gasteiger charge is 2.09. The summed E-state index contributed by atoms with van der Waals surface area (Å²) in [5.41, 5.74) is 2.90. The molecule has 2 aromatic carbocycles. The minimum Gasteiger partial charge on any atom is -0.350 e. The first-order chi connectivity index (χ1) is 13.0. The Kier molecular flexibility index (Phi) is 5.98. The van der Waals surface area contributed by atoms with Crippen LogP contribution in [0.1, 0.15) is 21.6 Å². The largest absolute Gasteiger partial charge is 0.350 e. The molecule has 0 aliphatic rings. The van der Waals surface area contributed by atoms with Crippen LogP contribution in [0.15, 0.2) is 54.7 Å². The summed E-state index contributed by atoms with van der Waals surface area (Å²) in [5, 5.41) is 6.46. The fraction of sp³-hybridized carbons (Fsp3) is 0.150. The van der Waals surface area contributed by atoms with Crippen LogP contribution in [0.5, 0.6) is 0 Å². The first-order valence-electron chi connectivity index (χ1n) is 8.40. The van der Waals surface area contributed by atoms with Crippen LogP contribution in [0.2, 0.25) is 5.02 Å². The molecule has 0 atom stereocenters. The minimum atomic E-state index is -0.301. The molecular weight excluding hydrogens is 367 g/mol. The van der Waals surface area contributed by atoms with E-state index in [1.807, 2.05) is 19.1 Å². The van der Waals surface area contributed by atoms with Gasteiger partial charge < -0.3 is 10.6 Å². The van der Waals surface area contributed by atoms with Crippen molar-refractivity contribution in [2.45, 2.75) is 13.3 Å². The maximum atomic E-state index is 12.9. The quantitative estimate of drug-likeness (QED) is 0.665. The highest BCUT2D eigenvalue weighted by atomic mass is 35.5. The topological polar surface area (TPSA) is 66.9 Å². The molecule has 3 rings (SSSR count). The molecule has 2 N–H and O–H groups in total. The third kappa shape index (κ3) is 5.24. The van der Waals surface area contributed by atoms with Gasteiger partial charge in [-0.15, -0.1) is 0 Å². The summed E-state index contributed by atoms with van der Waals surface area (Å²) in [7, 11) is 0. The van der Waals surface area contributed by atoms with E-state index >= 15 is 0 Å². The van der Waals surface area contributed by atoms with E-state index in [0.717, 1.165) is 16.8 Å². The zero-order chi connectivity index (χ0) is 19.2. The predicted octanol–water partition coefficient (Wildman–Crippen LogP) is 4.29. The Morgan fingerprint density at radius 3 is 2.67 bits per heavy atom.